The average Bonchev–Trinajstić information content (AvgIpc) is 3.16. The number of aryl methyl sites for hydroxylation is 2. The van der Waals surface area contributed by atoms with E-state index in [9.17, 15) is 4.79 Å². The number of amides is 1. The maximum atomic E-state index is 12.4. The Balaban J connectivity index is 1.29. The first kappa shape index (κ1) is 17.9. The number of carbonyl (C=O) groups excluding carboxylic acids is 1. The van der Waals surface area contributed by atoms with Gasteiger partial charge in [-0.15, -0.1) is 0 Å². The molecule has 2 aromatic rings. The molecule has 1 N–H and O–H groups in total. The first-order chi connectivity index (χ1) is 13.2. The number of hydrogen-bond donors (Lipinski definition) is 1. The van der Waals surface area contributed by atoms with Gasteiger partial charge in [-0.2, -0.15) is 0 Å². The van der Waals surface area contributed by atoms with E-state index in [0.717, 1.165) is 49.7 Å². The van der Waals surface area contributed by atoms with E-state index >= 15 is 0 Å². The van der Waals surface area contributed by atoms with Gasteiger partial charge in [-0.05, 0) is 54.7 Å². The fraction of sp³-hybridized carbons (Fsp3) is 0.409. The molecule has 0 atom stereocenters. The molecule has 0 spiro atoms. The third kappa shape index (κ3) is 4.08. The van der Waals surface area contributed by atoms with Crippen molar-refractivity contribution in [1.29, 1.82) is 0 Å². The number of fused-ring (bicyclic) bond motifs is 1. The maximum Gasteiger partial charge on any atom is 0.238 e. The number of anilines is 2. The topological polar surface area (TPSA) is 44.8 Å². The lowest BCUT2D eigenvalue weighted by Gasteiger charge is -2.36. The maximum absolute atomic E-state index is 12.4. The summed E-state index contributed by atoms with van der Waals surface area (Å²) >= 11 is 0. The minimum Gasteiger partial charge on any atom is -0.495 e. The monoisotopic (exact) mass is 365 g/mol. The Kier molecular flexibility index (Phi) is 5.30. The highest BCUT2D eigenvalue weighted by molar-refractivity contribution is 5.92. The molecule has 142 valence electrons. The summed E-state index contributed by atoms with van der Waals surface area (Å²) in [7, 11) is 1.71. The number of hydrogen-bond acceptors (Lipinski definition) is 4. The molecule has 1 saturated heterocycles. The Morgan fingerprint density at radius 3 is 2.63 bits per heavy atom. The molecule has 4 rings (SSSR count). The second kappa shape index (κ2) is 8.01. The van der Waals surface area contributed by atoms with Crippen LogP contribution in [0.4, 0.5) is 11.4 Å². The van der Waals surface area contributed by atoms with Crippen LogP contribution in [0.5, 0.6) is 5.75 Å². The van der Waals surface area contributed by atoms with Gasteiger partial charge in [0.25, 0.3) is 0 Å². The molecular formula is C22H27N3O2. The number of rotatable bonds is 5. The van der Waals surface area contributed by atoms with E-state index in [1.54, 1.807) is 7.11 Å². The number of benzene rings is 2. The van der Waals surface area contributed by atoms with Crippen LogP contribution in [0.2, 0.25) is 0 Å². The van der Waals surface area contributed by atoms with E-state index in [4.69, 9.17) is 4.74 Å². The van der Waals surface area contributed by atoms with Crippen molar-refractivity contribution in [3.63, 3.8) is 0 Å². The van der Waals surface area contributed by atoms with Crippen LogP contribution in [0.3, 0.4) is 0 Å². The van der Waals surface area contributed by atoms with E-state index in [1.165, 1.54) is 24.0 Å². The normalized spacial score (nSPS) is 16.9. The molecule has 0 radical (unpaired) electrons. The lowest BCUT2D eigenvalue weighted by Crippen LogP contribution is -2.48. The molecule has 1 amide bonds. The fourth-order valence-electron chi connectivity index (χ4n) is 4.09. The van der Waals surface area contributed by atoms with Gasteiger partial charge in [0.05, 0.1) is 19.3 Å². The SMILES string of the molecule is COc1ccccc1N1CCN(CC(=O)Nc2ccc3c(c2)CCC3)CC1. The first-order valence-corrected chi connectivity index (χ1v) is 9.75. The largest absolute Gasteiger partial charge is 0.495 e. The molecule has 27 heavy (non-hydrogen) atoms. The van der Waals surface area contributed by atoms with Crippen molar-refractivity contribution in [2.75, 3.05) is 50.1 Å². The summed E-state index contributed by atoms with van der Waals surface area (Å²) in [4.78, 5) is 17.0. The van der Waals surface area contributed by atoms with Crippen LogP contribution in [0.25, 0.3) is 0 Å². The Labute approximate surface area is 160 Å². The van der Waals surface area contributed by atoms with Gasteiger partial charge in [-0.3, -0.25) is 9.69 Å². The zero-order chi connectivity index (χ0) is 18.6. The second-order valence-corrected chi connectivity index (χ2v) is 7.32. The molecular weight excluding hydrogens is 338 g/mol. The number of nitrogens with zero attached hydrogens (tertiary/aromatic N) is 2. The van der Waals surface area contributed by atoms with Crippen LogP contribution in [-0.4, -0.2) is 50.6 Å². The van der Waals surface area contributed by atoms with E-state index in [2.05, 4.69) is 33.3 Å². The summed E-state index contributed by atoms with van der Waals surface area (Å²) in [5.74, 6) is 0.971. The van der Waals surface area contributed by atoms with Gasteiger partial charge in [0.15, 0.2) is 0 Å². The number of ether oxygens (including phenoxy) is 1. The number of para-hydroxylation sites is 2. The highest BCUT2D eigenvalue weighted by Gasteiger charge is 2.21. The van der Waals surface area contributed by atoms with Gasteiger partial charge in [0.2, 0.25) is 5.91 Å². The molecule has 0 bridgehead atoms. The lowest BCUT2D eigenvalue weighted by atomic mass is 10.1. The predicted octanol–water partition coefficient (Wildman–Crippen LogP) is 2.94. The number of nitrogens with one attached hydrogen (secondary N) is 1. The highest BCUT2D eigenvalue weighted by atomic mass is 16.5. The van der Waals surface area contributed by atoms with Gasteiger partial charge in [-0.25, -0.2) is 0 Å². The predicted molar refractivity (Wildman–Crippen MR) is 109 cm³/mol. The summed E-state index contributed by atoms with van der Waals surface area (Å²) in [5, 5.41) is 3.07. The summed E-state index contributed by atoms with van der Waals surface area (Å²) in [6.07, 6.45) is 3.52. The zero-order valence-corrected chi connectivity index (χ0v) is 15.9. The molecule has 1 aliphatic heterocycles. The standard InChI is InChI=1S/C22H27N3O2/c1-27-21-8-3-2-7-20(21)25-13-11-24(12-14-25)16-22(26)23-19-10-9-17-5-4-6-18(17)15-19/h2-3,7-10,15H,4-6,11-14,16H2,1H3,(H,23,26). The fourth-order valence-corrected chi connectivity index (χ4v) is 4.09. The Bertz CT molecular complexity index is 813. The number of carbonyl (C=O) groups is 1. The third-order valence-electron chi connectivity index (χ3n) is 5.55. The lowest BCUT2D eigenvalue weighted by molar-refractivity contribution is -0.117. The summed E-state index contributed by atoms with van der Waals surface area (Å²) < 4.78 is 5.47. The quantitative estimate of drug-likeness (QED) is 0.885. The van der Waals surface area contributed by atoms with Crippen molar-refractivity contribution in [1.82, 2.24) is 4.90 Å². The smallest absolute Gasteiger partial charge is 0.238 e. The number of piperazine rings is 1. The van der Waals surface area contributed by atoms with Gasteiger partial charge in [0.1, 0.15) is 5.75 Å². The summed E-state index contributed by atoms with van der Waals surface area (Å²) in [5.41, 5.74) is 4.87. The van der Waals surface area contributed by atoms with E-state index in [-0.39, 0.29) is 5.91 Å². The molecule has 5 nitrogen and oxygen atoms in total. The molecule has 0 aromatic heterocycles. The van der Waals surface area contributed by atoms with Gasteiger partial charge in [0, 0.05) is 31.9 Å². The van der Waals surface area contributed by atoms with Crippen molar-refractivity contribution in [3.05, 3.63) is 53.6 Å². The Morgan fingerprint density at radius 2 is 1.81 bits per heavy atom. The van der Waals surface area contributed by atoms with Crippen LogP contribution in [-0.2, 0) is 17.6 Å². The minimum absolute atomic E-state index is 0.0682. The van der Waals surface area contributed by atoms with Gasteiger partial charge >= 0.3 is 0 Å². The highest BCUT2D eigenvalue weighted by Crippen LogP contribution is 2.28. The second-order valence-electron chi connectivity index (χ2n) is 7.32. The van der Waals surface area contributed by atoms with Crippen LogP contribution >= 0.6 is 0 Å². The van der Waals surface area contributed by atoms with Crippen molar-refractivity contribution in [3.8, 4) is 5.75 Å². The van der Waals surface area contributed by atoms with Crippen molar-refractivity contribution < 1.29 is 9.53 Å². The van der Waals surface area contributed by atoms with Crippen LogP contribution in [0, 0.1) is 0 Å². The van der Waals surface area contributed by atoms with E-state index < -0.39 is 0 Å². The van der Waals surface area contributed by atoms with E-state index in [0.29, 0.717) is 6.54 Å². The molecule has 1 fully saturated rings. The third-order valence-corrected chi connectivity index (χ3v) is 5.55. The van der Waals surface area contributed by atoms with Crippen molar-refractivity contribution in [2.45, 2.75) is 19.3 Å². The summed E-state index contributed by atoms with van der Waals surface area (Å²) in [6, 6.07) is 14.4. The molecule has 0 unspecified atom stereocenters. The first-order valence-electron chi connectivity index (χ1n) is 9.75. The summed E-state index contributed by atoms with van der Waals surface area (Å²) in [6.45, 7) is 3.97. The molecule has 0 saturated carbocycles. The molecule has 2 aliphatic rings. The molecule has 1 aliphatic carbocycles. The van der Waals surface area contributed by atoms with Gasteiger partial charge in [-0.1, -0.05) is 18.2 Å². The van der Waals surface area contributed by atoms with Crippen molar-refractivity contribution >= 4 is 17.3 Å². The van der Waals surface area contributed by atoms with E-state index in [1.807, 2.05) is 24.3 Å². The Morgan fingerprint density at radius 1 is 1.04 bits per heavy atom. The zero-order valence-electron chi connectivity index (χ0n) is 15.9. The molecule has 1 heterocycles. The number of methoxy groups -OCH3 is 1. The molecule has 2 aromatic carbocycles. The van der Waals surface area contributed by atoms with Crippen molar-refractivity contribution in [2.24, 2.45) is 0 Å². The minimum atomic E-state index is 0.0682. The Hall–Kier alpha value is -2.53. The molecule has 5 heteroatoms. The van der Waals surface area contributed by atoms with Crippen LogP contribution < -0.4 is 15.0 Å². The van der Waals surface area contributed by atoms with Gasteiger partial charge < -0.3 is 15.0 Å². The van der Waals surface area contributed by atoms with Crippen LogP contribution in [0.1, 0.15) is 17.5 Å². The average molecular weight is 365 g/mol. The van der Waals surface area contributed by atoms with Crippen LogP contribution in [0.15, 0.2) is 42.5 Å².